The van der Waals surface area contributed by atoms with Crippen LogP contribution in [0.2, 0.25) is 0 Å². The summed E-state index contributed by atoms with van der Waals surface area (Å²) >= 11 is 0. The molecule has 1 aliphatic heterocycles. The van der Waals surface area contributed by atoms with Crippen LogP contribution in [0.1, 0.15) is 79.1 Å². The first-order valence-corrected chi connectivity index (χ1v) is 11.0. The fraction of sp³-hybridized carbons (Fsp3) is 0.913. The van der Waals surface area contributed by atoms with E-state index in [2.05, 4.69) is 33.8 Å². The van der Waals surface area contributed by atoms with Crippen molar-refractivity contribution in [1.82, 2.24) is 0 Å². The Kier molecular flexibility index (Phi) is 3.75. The van der Waals surface area contributed by atoms with Gasteiger partial charge in [0.15, 0.2) is 5.79 Å². The molecule has 0 aromatic heterocycles. The van der Waals surface area contributed by atoms with Gasteiger partial charge in [-0.3, -0.25) is 0 Å². The highest BCUT2D eigenvalue weighted by Gasteiger charge is 2.65. The van der Waals surface area contributed by atoms with Crippen molar-refractivity contribution in [3.05, 3.63) is 11.6 Å². The van der Waals surface area contributed by atoms with Crippen LogP contribution in [0.5, 0.6) is 0 Å². The van der Waals surface area contributed by atoms with Gasteiger partial charge >= 0.3 is 0 Å². The molecule has 0 amide bonds. The number of allylic oxidation sites excluding steroid dienone is 2. The summed E-state index contributed by atoms with van der Waals surface area (Å²) in [5, 5.41) is 0. The van der Waals surface area contributed by atoms with E-state index in [0.717, 1.165) is 23.7 Å². The summed E-state index contributed by atoms with van der Waals surface area (Å²) in [6, 6.07) is 0. The second kappa shape index (κ2) is 5.58. The third-order valence-corrected chi connectivity index (χ3v) is 8.99. The third kappa shape index (κ3) is 2.29. The first-order chi connectivity index (χ1) is 11.9. The fourth-order valence-corrected chi connectivity index (χ4v) is 8.12. The SMILES string of the molecule is C/C=C1/CCC2C1CCC1C2[C@H]2OC(C)(C)O[C@@H]2C2CCCC[C@]12C. The van der Waals surface area contributed by atoms with Crippen molar-refractivity contribution in [3.63, 3.8) is 0 Å². The average molecular weight is 345 g/mol. The maximum absolute atomic E-state index is 6.65. The van der Waals surface area contributed by atoms with Crippen LogP contribution in [0.3, 0.4) is 0 Å². The summed E-state index contributed by atoms with van der Waals surface area (Å²) < 4.78 is 13.3. The zero-order valence-corrected chi connectivity index (χ0v) is 16.6. The lowest BCUT2D eigenvalue weighted by Gasteiger charge is -2.61. The Balaban J connectivity index is 1.57. The van der Waals surface area contributed by atoms with Gasteiger partial charge in [-0.25, -0.2) is 0 Å². The molecule has 0 N–H and O–H groups in total. The number of rotatable bonds is 0. The second-order valence-corrected chi connectivity index (χ2v) is 10.4. The number of fused-ring (bicyclic) bond motifs is 8. The highest BCUT2D eigenvalue weighted by Crippen LogP contribution is 2.66. The Bertz CT molecular complexity index is 579. The molecule has 4 aliphatic carbocycles. The normalized spacial score (nSPS) is 55.4. The van der Waals surface area contributed by atoms with Crippen LogP contribution in [0.25, 0.3) is 0 Å². The molecule has 4 saturated carbocycles. The molecular formula is C23H36O2. The van der Waals surface area contributed by atoms with Gasteiger partial charge < -0.3 is 9.47 Å². The van der Waals surface area contributed by atoms with Crippen LogP contribution in [0.15, 0.2) is 11.6 Å². The summed E-state index contributed by atoms with van der Waals surface area (Å²) in [4.78, 5) is 0. The minimum Gasteiger partial charge on any atom is -0.344 e. The van der Waals surface area contributed by atoms with Gasteiger partial charge in [-0.2, -0.15) is 0 Å². The minimum absolute atomic E-state index is 0.343. The zero-order valence-electron chi connectivity index (χ0n) is 16.6. The van der Waals surface area contributed by atoms with Crippen molar-refractivity contribution in [3.8, 4) is 0 Å². The Hall–Kier alpha value is -0.340. The van der Waals surface area contributed by atoms with Crippen LogP contribution in [0, 0.1) is 35.0 Å². The van der Waals surface area contributed by atoms with E-state index in [1.807, 2.05) is 0 Å². The van der Waals surface area contributed by atoms with Gasteiger partial charge in [0.1, 0.15) is 0 Å². The van der Waals surface area contributed by atoms with E-state index in [1.54, 1.807) is 5.57 Å². The summed E-state index contributed by atoms with van der Waals surface area (Å²) in [7, 11) is 0. The molecule has 5 fully saturated rings. The molecule has 0 aromatic carbocycles. The molecule has 0 aromatic rings. The van der Waals surface area contributed by atoms with Crippen molar-refractivity contribution in [1.29, 1.82) is 0 Å². The fourth-order valence-electron chi connectivity index (χ4n) is 8.12. The van der Waals surface area contributed by atoms with Gasteiger partial charge in [0.25, 0.3) is 0 Å². The maximum atomic E-state index is 6.65. The van der Waals surface area contributed by atoms with Gasteiger partial charge in [0.05, 0.1) is 12.2 Å². The minimum atomic E-state index is -0.391. The lowest BCUT2D eigenvalue weighted by molar-refractivity contribution is -0.161. The Morgan fingerprint density at radius 2 is 1.72 bits per heavy atom. The molecule has 25 heavy (non-hydrogen) atoms. The zero-order chi connectivity index (χ0) is 17.4. The molecule has 1 saturated heterocycles. The van der Waals surface area contributed by atoms with Crippen LogP contribution in [0.4, 0.5) is 0 Å². The summed E-state index contributed by atoms with van der Waals surface area (Å²) in [5.74, 6) is 3.58. The largest absolute Gasteiger partial charge is 0.344 e. The topological polar surface area (TPSA) is 18.5 Å². The summed E-state index contributed by atoms with van der Waals surface area (Å²) in [5.41, 5.74) is 2.23. The molecule has 8 atom stereocenters. The highest BCUT2D eigenvalue weighted by atomic mass is 16.8. The van der Waals surface area contributed by atoms with Crippen molar-refractivity contribution in [2.75, 3.05) is 0 Å². The van der Waals surface area contributed by atoms with Crippen LogP contribution in [-0.2, 0) is 9.47 Å². The molecule has 0 bridgehead atoms. The quantitative estimate of drug-likeness (QED) is 0.524. The molecule has 1 heterocycles. The Labute approximate surface area is 153 Å². The van der Waals surface area contributed by atoms with Crippen LogP contribution < -0.4 is 0 Å². The molecule has 0 spiro atoms. The van der Waals surface area contributed by atoms with E-state index in [4.69, 9.17) is 9.47 Å². The average Bonchev–Trinajstić information content (AvgIpc) is 3.14. The molecule has 5 rings (SSSR count). The number of hydrogen-bond donors (Lipinski definition) is 0. The maximum Gasteiger partial charge on any atom is 0.163 e. The summed E-state index contributed by atoms with van der Waals surface area (Å²) in [6.45, 7) is 9.18. The van der Waals surface area contributed by atoms with E-state index in [0.29, 0.717) is 23.5 Å². The first-order valence-electron chi connectivity index (χ1n) is 11.0. The Morgan fingerprint density at radius 1 is 0.920 bits per heavy atom. The molecule has 5 aliphatic rings. The van der Waals surface area contributed by atoms with E-state index < -0.39 is 5.79 Å². The Morgan fingerprint density at radius 3 is 2.52 bits per heavy atom. The molecule has 140 valence electrons. The summed E-state index contributed by atoms with van der Waals surface area (Å²) in [6.07, 6.45) is 14.3. The highest BCUT2D eigenvalue weighted by molar-refractivity contribution is 5.20. The van der Waals surface area contributed by atoms with Gasteiger partial charge in [-0.15, -0.1) is 0 Å². The van der Waals surface area contributed by atoms with Crippen molar-refractivity contribution >= 4 is 0 Å². The molecule has 5 unspecified atom stereocenters. The standard InChI is InChI=1S/C23H36O2/c1-5-14-9-10-16-15(14)11-12-17-19(16)21-20(24-22(2,3)25-21)18-8-6-7-13-23(17,18)4/h5,15-21H,6-13H2,1-4H3/b14-5-/t15?,16?,17?,18?,19?,20-,21-,23-/m1/s1. The van der Waals surface area contributed by atoms with E-state index in [9.17, 15) is 0 Å². The molecule has 2 heteroatoms. The lowest BCUT2D eigenvalue weighted by atomic mass is 9.45. The van der Waals surface area contributed by atoms with E-state index in [1.165, 1.54) is 51.4 Å². The first kappa shape index (κ1) is 16.8. The molecule has 2 nitrogen and oxygen atoms in total. The number of ether oxygens (including phenoxy) is 2. The van der Waals surface area contributed by atoms with Crippen LogP contribution >= 0.6 is 0 Å². The van der Waals surface area contributed by atoms with Crippen LogP contribution in [-0.4, -0.2) is 18.0 Å². The monoisotopic (exact) mass is 344 g/mol. The smallest absolute Gasteiger partial charge is 0.163 e. The molecule has 0 radical (unpaired) electrons. The lowest BCUT2D eigenvalue weighted by Crippen LogP contribution is -2.60. The predicted molar refractivity (Wildman–Crippen MR) is 100 cm³/mol. The van der Waals surface area contributed by atoms with Gasteiger partial charge in [0, 0.05) is 0 Å². The van der Waals surface area contributed by atoms with Crippen molar-refractivity contribution in [2.24, 2.45) is 35.0 Å². The van der Waals surface area contributed by atoms with E-state index >= 15 is 0 Å². The predicted octanol–water partition coefficient (Wildman–Crippen LogP) is 5.72. The number of hydrogen-bond acceptors (Lipinski definition) is 2. The second-order valence-electron chi connectivity index (χ2n) is 10.4. The van der Waals surface area contributed by atoms with Crippen molar-refractivity contribution < 1.29 is 9.47 Å². The van der Waals surface area contributed by atoms with Gasteiger partial charge in [0.2, 0.25) is 0 Å². The third-order valence-electron chi connectivity index (χ3n) is 8.99. The van der Waals surface area contributed by atoms with Crippen molar-refractivity contribution in [2.45, 2.75) is 97.1 Å². The van der Waals surface area contributed by atoms with E-state index in [-0.39, 0.29) is 0 Å². The molecular weight excluding hydrogens is 308 g/mol. The van der Waals surface area contributed by atoms with Gasteiger partial charge in [-0.05, 0) is 94.3 Å². The van der Waals surface area contributed by atoms with Gasteiger partial charge in [-0.1, -0.05) is 31.4 Å².